The standard InChI is InChI=1S/C23H33N3O4/c1-15(14-28-2)11-21-24-13-20-22(26-21)19(16-3-5-17(27)6-4-16)12-25-23(20)30-18-7-9-29-10-8-18/h12-13,15-18,27H,3-11,14H2,1-2H3/t15-,16?,17?/m0/s1. The molecule has 2 aliphatic rings. The molecule has 1 saturated carbocycles. The number of aliphatic hydroxyl groups excluding tert-OH is 1. The van der Waals surface area contributed by atoms with Crippen LogP contribution in [-0.4, -0.2) is 59.2 Å². The van der Waals surface area contributed by atoms with E-state index in [0.717, 1.165) is 80.5 Å². The minimum atomic E-state index is -0.184. The number of ether oxygens (including phenoxy) is 3. The molecule has 4 rings (SSSR count). The number of methoxy groups -OCH3 is 1. The van der Waals surface area contributed by atoms with Gasteiger partial charge < -0.3 is 19.3 Å². The number of nitrogens with zero attached hydrogens (tertiary/aromatic N) is 3. The lowest BCUT2D eigenvalue weighted by Crippen LogP contribution is -2.26. The highest BCUT2D eigenvalue weighted by molar-refractivity contribution is 5.85. The molecule has 1 N–H and O–H groups in total. The fraction of sp³-hybridized carbons (Fsp3) is 0.696. The predicted octanol–water partition coefficient (Wildman–Crippen LogP) is 3.43. The molecule has 164 valence electrons. The number of hydrogen-bond donors (Lipinski definition) is 1. The van der Waals surface area contributed by atoms with Crippen molar-refractivity contribution in [1.82, 2.24) is 15.0 Å². The third-order valence-electron chi connectivity index (χ3n) is 6.23. The maximum atomic E-state index is 9.92. The fourth-order valence-electron chi connectivity index (χ4n) is 4.54. The molecule has 3 heterocycles. The smallest absolute Gasteiger partial charge is 0.224 e. The Hall–Kier alpha value is -1.83. The summed E-state index contributed by atoms with van der Waals surface area (Å²) in [5.41, 5.74) is 2.10. The molecule has 1 atom stereocenters. The molecule has 2 fully saturated rings. The molecule has 2 aromatic heterocycles. The van der Waals surface area contributed by atoms with Gasteiger partial charge in [0.15, 0.2) is 0 Å². The molecule has 1 aliphatic carbocycles. The lowest BCUT2D eigenvalue weighted by Gasteiger charge is -2.27. The van der Waals surface area contributed by atoms with Crippen LogP contribution in [0, 0.1) is 5.92 Å². The van der Waals surface area contributed by atoms with E-state index in [1.165, 1.54) is 0 Å². The lowest BCUT2D eigenvalue weighted by atomic mass is 9.82. The van der Waals surface area contributed by atoms with Crippen LogP contribution >= 0.6 is 0 Å². The predicted molar refractivity (Wildman–Crippen MR) is 114 cm³/mol. The van der Waals surface area contributed by atoms with Crippen LogP contribution in [0.1, 0.15) is 62.8 Å². The van der Waals surface area contributed by atoms with Gasteiger partial charge in [-0.3, -0.25) is 0 Å². The molecule has 0 aromatic carbocycles. The van der Waals surface area contributed by atoms with Crippen molar-refractivity contribution in [2.45, 2.75) is 70.0 Å². The maximum Gasteiger partial charge on any atom is 0.224 e. The molecular weight excluding hydrogens is 382 g/mol. The first-order valence-corrected chi connectivity index (χ1v) is 11.2. The Balaban J connectivity index is 1.67. The number of hydrogen-bond acceptors (Lipinski definition) is 7. The zero-order valence-corrected chi connectivity index (χ0v) is 18.0. The second kappa shape index (κ2) is 9.98. The summed E-state index contributed by atoms with van der Waals surface area (Å²) < 4.78 is 17.0. The first kappa shape index (κ1) is 21.4. The minimum Gasteiger partial charge on any atom is -0.474 e. The summed E-state index contributed by atoms with van der Waals surface area (Å²) >= 11 is 0. The molecule has 7 nitrogen and oxygen atoms in total. The largest absolute Gasteiger partial charge is 0.474 e. The van der Waals surface area contributed by atoms with Crippen LogP contribution in [0.5, 0.6) is 5.88 Å². The fourth-order valence-corrected chi connectivity index (χ4v) is 4.54. The van der Waals surface area contributed by atoms with Crippen LogP contribution in [0.3, 0.4) is 0 Å². The van der Waals surface area contributed by atoms with E-state index in [2.05, 4.69) is 16.9 Å². The highest BCUT2D eigenvalue weighted by Gasteiger charge is 2.26. The maximum absolute atomic E-state index is 9.92. The van der Waals surface area contributed by atoms with Crippen molar-refractivity contribution in [3.05, 3.63) is 23.8 Å². The van der Waals surface area contributed by atoms with Crippen molar-refractivity contribution in [1.29, 1.82) is 0 Å². The average molecular weight is 416 g/mol. The van der Waals surface area contributed by atoms with E-state index in [4.69, 9.17) is 19.2 Å². The number of aromatic nitrogens is 3. The first-order chi connectivity index (χ1) is 14.6. The van der Waals surface area contributed by atoms with E-state index in [0.29, 0.717) is 24.3 Å². The highest BCUT2D eigenvalue weighted by Crippen LogP contribution is 2.37. The molecule has 1 aliphatic heterocycles. The van der Waals surface area contributed by atoms with Crippen molar-refractivity contribution < 1.29 is 19.3 Å². The molecule has 0 radical (unpaired) electrons. The second-order valence-corrected chi connectivity index (χ2v) is 8.77. The van der Waals surface area contributed by atoms with Gasteiger partial charge in [0.05, 0.1) is 30.2 Å². The summed E-state index contributed by atoms with van der Waals surface area (Å²) in [6, 6.07) is 0. The van der Waals surface area contributed by atoms with Crippen molar-refractivity contribution in [2.24, 2.45) is 5.92 Å². The van der Waals surface area contributed by atoms with Gasteiger partial charge in [-0.15, -0.1) is 0 Å². The van der Waals surface area contributed by atoms with Gasteiger partial charge in [-0.2, -0.15) is 0 Å². The van der Waals surface area contributed by atoms with Crippen molar-refractivity contribution >= 4 is 10.9 Å². The highest BCUT2D eigenvalue weighted by atomic mass is 16.5. The summed E-state index contributed by atoms with van der Waals surface area (Å²) in [6.07, 6.45) is 9.83. The summed E-state index contributed by atoms with van der Waals surface area (Å²) in [4.78, 5) is 14.3. The van der Waals surface area contributed by atoms with Gasteiger partial charge in [0.1, 0.15) is 11.9 Å². The SMILES string of the molecule is COC[C@@H](C)Cc1ncc2c(OC3CCOCC3)ncc(C3CCC(O)CC3)c2n1. The average Bonchev–Trinajstić information content (AvgIpc) is 2.75. The number of pyridine rings is 1. The zero-order valence-electron chi connectivity index (χ0n) is 18.0. The lowest BCUT2D eigenvalue weighted by molar-refractivity contribution is 0.0244. The van der Waals surface area contributed by atoms with Crippen molar-refractivity contribution in [3.63, 3.8) is 0 Å². The van der Waals surface area contributed by atoms with Gasteiger partial charge in [-0.1, -0.05) is 6.92 Å². The van der Waals surface area contributed by atoms with Crippen LogP contribution in [0.15, 0.2) is 12.4 Å². The summed E-state index contributed by atoms with van der Waals surface area (Å²) in [6.45, 7) is 4.28. The van der Waals surface area contributed by atoms with E-state index >= 15 is 0 Å². The zero-order chi connectivity index (χ0) is 20.9. The Kier molecular flexibility index (Phi) is 7.12. The number of fused-ring (bicyclic) bond motifs is 1. The van der Waals surface area contributed by atoms with Gasteiger partial charge in [0.25, 0.3) is 0 Å². The molecule has 0 amide bonds. The van der Waals surface area contributed by atoms with E-state index in [1.54, 1.807) is 7.11 Å². The molecular formula is C23H33N3O4. The Labute approximate surface area is 178 Å². The van der Waals surface area contributed by atoms with Crippen LogP contribution in [0.25, 0.3) is 10.9 Å². The Bertz CT molecular complexity index is 833. The summed E-state index contributed by atoms with van der Waals surface area (Å²) in [5.74, 6) is 2.15. The van der Waals surface area contributed by atoms with Gasteiger partial charge in [0, 0.05) is 50.9 Å². The Morgan fingerprint density at radius 2 is 1.87 bits per heavy atom. The van der Waals surface area contributed by atoms with Crippen LogP contribution in [0.2, 0.25) is 0 Å². The van der Waals surface area contributed by atoms with Crippen LogP contribution < -0.4 is 4.74 Å². The number of aliphatic hydroxyl groups is 1. The van der Waals surface area contributed by atoms with Crippen molar-refractivity contribution in [3.8, 4) is 5.88 Å². The molecule has 1 saturated heterocycles. The second-order valence-electron chi connectivity index (χ2n) is 8.77. The van der Waals surface area contributed by atoms with Gasteiger partial charge in [-0.05, 0) is 37.5 Å². The third kappa shape index (κ3) is 5.07. The molecule has 7 heteroatoms. The molecule has 0 unspecified atom stereocenters. The third-order valence-corrected chi connectivity index (χ3v) is 6.23. The van der Waals surface area contributed by atoms with E-state index in [1.807, 2.05) is 12.4 Å². The molecule has 0 spiro atoms. The summed E-state index contributed by atoms with van der Waals surface area (Å²) in [5, 5.41) is 10.8. The first-order valence-electron chi connectivity index (χ1n) is 11.2. The van der Waals surface area contributed by atoms with Crippen LogP contribution in [0.4, 0.5) is 0 Å². The van der Waals surface area contributed by atoms with E-state index in [-0.39, 0.29) is 12.2 Å². The molecule has 30 heavy (non-hydrogen) atoms. The minimum absolute atomic E-state index is 0.117. The normalized spacial score (nSPS) is 24.1. The Morgan fingerprint density at radius 3 is 2.60 bits per heavy atom. The quantitative estimate of drug-likeness (QED) is 0.741. The van der Waals surface area contributed by atoms with Gasteiger partial charge >= 0.3 is 0 Å². The van der Waals surface area contributed by atoms with Gasteiger partial charge in [-0.25, -0.2) is 15.0 Å². The van der Waals surface area contributed by atoms with E-state index < -0.39 is 0 Å². The van der Waals surface area contributed by atoms with Crippen molar-refractivity contribution in [2.75, 3.05) is 26.9 Å². The van der Waals surface area contributed by atoms with E-state index in [9.17, 15) is 5.11 Å². The molecule has 0 bridgehead atoms. The monoisotopic (exact) mass is 415 g/mol. The topological polar surface area (TPSA) is 86.6 Å². The molecule has 2 aromatic rings. The van der Waals surface area contributed by atoms with Crippen LogP contribution in [-0.2, 0) is 15.9 Å². The summed E-state index contributed by atoms with van der Waals surface area (Å²) in [7, 11) is 1.72. The Morgan fingerprint density at radius 1 is 1.10 bits per heavy atom. The van der Waals surface area contributed by atoms with Gasteiger partial charge in [0.2, 0.25) is 5.88 Å². The number of rotatable bonds is 7.